The summed E-state index contributed by atoms with van der Waals surface area (Å²) in [7, 11) is 0. The minimum Gasteiger partial charge on any atom is -0.314 e. The van der Waals surface area contributed by atoms with Gasteiger partial charge < -0.3 is 5.32 Å². The van der Waals surface area contributed by atoms with Crippen molar-refractivity contribution in [2.45, 2.75) is 58.9 Å². The normalized spacial score (nSPS) is 21.5. The third-order valence-electron chi connectivity index (χ3n) is 3.20. The fraction of sp³-hybridized carbons (Fsp3) is 1.00. The van der Waals surface area contributed by atoms with Crippen LogP contribution < -0.4 is 5.32 Å². The van der Waals surface area contributed by atoms with Crippen molar-refractivity contribution in [2.75, 3.05) is 6.54 Å². The number of rotatable bonds is 7. The van der Waals surface area contributed by atoms with E-state index in [0.29, 0.717) is 6.04 Å². The molecule has 1 rings (SSSR count). The maximum Gasteiger partial charge on any atom is 0.00412 e. The Labute approximate surface area is 83.3 Å². The summed E-state index contributed by atoms with van der Waals surface area (Å²) in [5.41, 5.74) is 0. The molecule has 2 atom stereocenters. The summed E-state index contributed by atoms with van der Waals surface area (Å²) in [6, 6.07) is 0.716. The Kier molecular flexibility index (Phi) is 4.79. The van der Waals surface area contributed by atoms with Crippen LogP contribution in [0.4, 0.5) is 0 Å². The molecule has 13 heavy (non-hydrogen) atoms. The van der Waals surface area contributed by atoms with Crippen molar-refractivity contribution in [3.8, 4) is 0 Å². The van der Waals surface area contributed by atoms with Crippen LogP contribution in [-0.2, 0) is 0 Å². The zero-order chi connectivity index (χ0) is 9.68. The lowest BCUT2D eigenvalue weighted by Gasteiger charge is -2.17. The van der Waals surface area contributed by atoms with Crippen molar-refractivity contribution >= 4 is 0 Å². The van der Waals surface area contributed by atoms with Crippen molar-refractivity contribution in [3.63, 3.8) is 0 Å². The molecule has 1 N–H and O–H groups in total. The lowest BCUT2D eigenvalue weighted by molar-refractivity contribution is 0.408. The van der Waals surface area contributed by atoms with E-state index in [1.54, 1.807) is 0 Å². The Bertz CT molecular complexity index is 129. The SMILES string of the molecule is CCC(C)CC(C)NCCC1CC1. The van der Waals surface area contributed by atoms with Crippen LogP contribution in [0.2, 0.25) is 0 Å². The van der Waals surface area contributed by atoms with Crippen LogP contribution in [-0.4, -0.2) is 12.6 Å². The maximum absolute atomic E-state index is 3.62. The summed E-state index contributed by atoms with van der Waals surface area (Å²) >= 11 is 0. The van der Waals surface area contributed by atoms with Gasteiger partial charge in [0.15, 0.2) is 0 Å². The highest BCUT2D eigenvalue weighted by molar-refractivity contribution is 4.74. The van der Waals surface area contributed by atoms with Gasteiger partial charge in [-0.25, -0.2) is 0 Å². The highest BCUT2D eigenvalue weighted by Crippen LogP contribution is 2.31. The molecular formula is C12H25N. The second-order valence-corrected chi connectivity index (χ2v) is 4.84. The van der Waals surface area contributed by atoms with Crippen LogP contribution in [0.25, 0.3) is 0 Å². The van der Waals surface area contributed by atoms with Gasteiger partial charge in [-0.05, 0) is 38.1 Å². The molecule has 1 nitrogen and oxygen atoms in total. The van der Waals surface area contributed by atoms with E-state index in [-0.39, 0.29) is 0 Å². The van der Waals surface area contributed by atoms with E-state index in [4.69, 9.17) is 0 Å². The van der Waals surface area contributed by atoms with Crippen molar-refractivity contribution in [2.24, 2.45) is 11.8 Å². The largest absolute Gasteiger partial charge is 0.314 e. The molecule has 1 fully saturated rings. The Morgan fingerprint density at radius 3 is 2.54 bits per heavy atom. The predicted octanol–water partition coefficient (Wildman–Crippen LogP) is 3.20. The van der Waals surface area contributed by atoms with Gasteiger partial charge in [-0.2, -0.15) is 0 Å². The Morgan fingerprint density at radius 2 is 2.00 bits per heavy atom. The molecule has 0 aromatic heterocycles. The number of hydrogen-bond acceptors (Lipinski definition) is 1. The smallest absolute Gasteiger partial charge is 0.00412 e. The van der Waals surface area contributed by atoms with Gasteiger partial charge in [-0.1, -0.05) is 33.1 Å². The Hall–Kier alpha value is -0.0400. The molecular weight excluding hydrogens is 158 g/mol. The molecule has 1 aliphatic rings. The van der Waals surface area contributed by atoms with Gasteiger partial charge in [0.1, 0.15) is 0 Å². The van der Waals surface area contributed by atoms with Crippen LogP contribution in [0.15, 0.2) is 0 Å². The molecule has 1 saturated carbocycles. The molecule has 0 spiro atoms. The highest BCUT2D eigenvalue weighted by Gasteiger charge is 2.20. The second-order valence-electron chi connectivity index (χ2n) is 4.84. The first-order valence-corrected chi connectivity index (χ1v) is 5.95. The van der Waals surface area contributed by atoms with Gasteiger partial charge in [0.25, 0.3) is 0 Å². The second kappa shape index (κ2) is 5.64. The third-order valence-corrected chi connectivity index (χ3v) is 3.20. The minimum atomic E-state index is 0.716. The first-order chi connectivity index (χ1) is 6.22. The van der Waals surface area contributed by atoms with Crippen molar-refractivity contribution in [1.82, 2.24) is 5.32 Å². The summed E-state index contributed by atoms with van der Waals surface area (Å²) in [6.45, 7) is 8.18. The van der Waals surface area contributed by atoms with Crippen LogP contribution in [0.3, 0.4) is 0 Å². The van der Waals surface area contributed by atoms with Gasteiger partial charge in [0, 0.05) is 6.04 Å². The molecule has 0 aromatic carbocycles. The van der Waals surface area contributed by atoms with Gasteiger partial charge >= 0.3 is 0 Å². The Morgan fingerprint density at radius 1 is 1.31 bits per heavy atom. The summed E-state index contributed by atoms with van der Waals surface area (Å²) in [5.74, 6) is 1.95. The molecule has 0 bridgehead atoms. The quantitative estimate of drug-likeness (QED) is 0.639. The van der Waals surface area contributed by atoms with E-state index in [1.807, 2.05) is 0 Å². The lowest BCUT2D eigenvalue weighted by atomic mass is 10.0. The zero-order valence-electron chi connectivity index (χ0n) is 9.47. The maximum atomic E-state index is 3.62. The first-order valence-electron chi connectivity index (χ1n) is 5.95. The summed E-state index contributed by atoms with van der Waals surface area (Å²) in [4.78, 5) is 0. The highest BCUT2D eigenvalue weighted by atomic mass is 14.9. The molecule has 1 aliphatic carbocycles. The summed E-state index contributed by atoms with van der Waals surface area (Å²) in [6.07, 6.45) is 7.03. The topological polar surface area (TPSA) is 12.0 Å². The summed E-state index contributed by atoms with van der Waals surface area (Å²) in [5, 5.41) is 3.62. The van der Waals surface area contributed by atoms with Crippen molar-refractivity contribution in [3.05, 3.63) is 0 Å². The van der Waals surface area contributed by atoms with Gasteiger partial charge in [0.2, 0.25) is 0 Å². The molecule has 0 saturated heterocycles. The number of nitrogens with one attached hydrogen (secondary N) is 1. The van der Waals surface area contributed by atoms with E-state index in [0.717, 1.165) is 11.8 Å². The average Bonchev–Trinajstić information content (AvgIpc) is 2.88. The average molecular weight is 183 g/mol. The Balaban J connectivity index is 1.92. The van der Waals surface area contributed by atoms with E-state index in [2.05, 4.69) is 26.1 Å². The van der Waals surface area contributed by atoms with E-state index in [1.165, 1.54) is 38.6 Å². The van der Waals surface area contributed by atoms with Gasteiger partial charge in [-0.3, -0.25) is 0 Å². The fourth-order valence-corrected chi connectivity index (χ4v) is 1.79. The minimum absolute atomic E-state index is 0.716. The van der Waals surface area contributed by atoms with E-state index < -0.39 is 0 Å². The predicted molar refractivity (Wildman–Crippen MR) is 58.9 cm³/mol. The van der Waals surface area contributed by atoms with Crippen molar-refractivity contribution < 1.29 is 0 Å². The molecule has 1 heteroatoms. The van der Waals surface area contributed by atoms with Crippen LogP contribution in [0.1, 0.15) is 52.9 Å². The molecule has 0 aliphatic heterocycles. The monoisotopic (exact) mass is 183 g/mol. The standard InChI is InChI=1S/C12H25N/c1-4-10(2)9-11(3)13-8-7-12-5-6-12/h10-13H,4-9H2,1-3H3. The first kappa shape index (κ1) is 11.0. The molecule has 0 radical (unpaired) electrons. The summed E-state index contributed by atoms with van der Waals surface area (Å²) < 4.78 is 0. The molecule has 0 heterocycles. The lowest BCUT2D eigenvalue weighted by Crippen LogP contribution is -2.28. The number of hydrogen-bond donors (Lipinski definition) is 1. The van der Waals surface area contributed by atoms with Crippen molar-refractivity contribution in [1.29, 1.82) is 0 Å². The van der Waals surface area contributed by atoms with Crippen LogP contribution in [0.5, 0.6) is 0 Å². The molecule has 0 aromatic rings. The van der Waals surface area contributed by atoms with Gasteiger partial charge in [0.05, 0.1) is 0 Å². The fourth-order valence-electron chi connectivity index (χ4n) is 1.79. The van der Waals surface area contributed by atoms with E-state index >= 15 is 0 Å². The van der Waals surface area contributed by atoms with Crippen LogP contribution in [0, 0.1) is 11.8 Å². The van der Waals surface area contributed by atoms with Crippen LogP contribution >= 0.6 is 0 Å². The van der Waals surface area contributed by atoms with Gasteiger partial charge in [-0.15, -0.1) is 0 Å². The molecule has 0 amide bonds. The molecule has 2 unspecified atom stereocenters. The van der Waals surface area contributed by atoms with E-state index in [9.17, 15) is 0 Å². The third kappa shape index (κ3) is 5.30. The molecule has 78 valence electrons. The zero-order valence-corrected chi connectivity index (χ0v) is 9.47.